The maximum Gasteiger partial charge on any atom is 0.387 e. The molecule has 0 aromatic heterocycles. The summed E-state index contributed by atoms with van der Waals surface area (Å²) in [4.78, 5) is 14.3. The lowest BCUT2D eigenvalue weighted by atomic mass is 10.00. The van der Waals surface area contributed by atoms with Gasteiger partial charge in [-0.3, -0.25) is 9.69 Å². The fraction of sp³-hybridized carbons (Fsp3) is 0.611. The number of likely N-dealkylation sites (tertiary alicyclic amines) is 1. The zero-order chi connectivity index (χ0) is 18.1. The molecule has 1 fully saturated rings. The Labute approximate surface area is 147 Å². The average Bonchev–Trinajstić information content (AvgIpc) is 2.58. The van der Waals surface area contributed by atoms with Crippen LogP contribution in [0.25, 0.3) is 0 Å². The van der Waals surface area contributed by atoms with Crippen molar-refractivity contribution < 1.29 is 23.4 Å². The number of rotatable bonds is 9. The summed E-state index contributed by atoms with van der Waals surface area (Å²) in [5.41, 5.74) is 0.943. The van der Waals surface area contributed by atoms with E-state index in [1.165, 1.54) is 12.1 Å². The third-order valence-corrected chi connectivity index (χ3v) is 4.44. The van der Waals surface area contributed by atoms with Gasteiger partial charge in [-0.2, -0.15) is 8.78 Å². The summed E-state index contributed by atoms with van der Waals surface area (Å²) >= 11 is 0. The Morgan fingerprint density at radius 1 is 1.32 bits per heavy atom. The first-order valence-electron chi connectivity index (χ1n) is 8.74. The number of carbonyl (C=O) groups is 1. The largest absolute Gasteiger partial charge is 0.435 e. The van der Waals surface area contributed by atoms with Crippen LogP contribution in [0, 0.1) is 0 Å². The molecular weight excluding hydrogens is 330 g/mol. The second kappa shape index (κ2) is 10.3. The monoisotopic (exact) mass is 356 g/mol. The lowest BCUT2D eigenvalue weighted by molar-refractivity contribution is -0.123. The summed E-state index contributed by atoms with van der Waals surface area (Å²) in [5, 5.41) is 12.0. The zero-order valence-electron chi connectivity index (χ0n) is 14.3. The number of halogens is 2. The molecule has 0 bridgehead atoms. The smallest absolute Gasteiger partial charge is 0.387 e. The molecule has 1 aliphatic rings. The molecule has 0 radical (unpaired) electrons. The van der Waals surface area contributed by atoms with Gasteiger partial charge in [0.2, 0.25) is 5.91 Å². The molecule has 0 spiro atoms. The van der Waals surface area contributed by atoms with Crippen LogP contribution in [0.4, 0.5) is 8.78 Å². The van der Waals surface area contributed by atoms with Gasteiger partial charge < -0.3 is 15.2 Å². The quantitative estimate of drug-likeness (QED) is 0.712. The molecule has 1 atom stereocenters. The van der Waals surface area contributed by atoms with Gasteiger partial charge in [0.25, 0.3) is 0 Å². The van der Waals surface area contributed by atoms with E-state index in [1.807, 2.05) is 0 Å². The fourth-order valence-electron chi connectivity index (χ4n) is 3.17. The highest BCUT2D eigenvalue weighted by Gasteiger charge is 2.23. The topological polar surface area (TPSA) is 61.8 Å². The molecule has 1 amide bonds. The highest BCUT2D eigenvalue weighted by molar-refractivity contribution is 5.78. The van der Waals surface area contributed by atoms with E-state index in [1.54, 1.807) is 12.1 Å². The molecule has 7 heteroatoms. The first kappa shape index (κ1) is 19.6. The molecule has 5 nitrogen and oxygen atoms in total. The van der Waals surface area contributed by atoms with Crippen LogP contribution in [0.2, 0.25) is 0 Å². The molecule has 0 saturated carbocycles. The lowest BCUT2D eigenvalue weighted by Crippen LogP contribution is -2.46. The number of aliphatic hydroxyl groups is 1. The summed E-state index contributed by atoms with van der Waals surface area (Å²) < 4.78 is 28.5. The fourth-order valence-corrected chi connectivity index (χ4v) is 3.17. The Balaban J connectivity index is 1.70. The summed E-state index contributed by atoms with van der Waals surface area (Å²) in [5.74, 6) is 0.102. The van der Waals surface area contributed by atoms with Crippen molar-refractivity contribution in [2.45, 2.75) is 44.8 Å². The van der Waals surface area contributed by atoms with Crippen molar-refractivity contribution >= 4 is 5.91 Å². The van der Waals surface area contributed by atoms with Gasteiger partial charge in [0.05, 0.1) is 6.54 Å². The molecule has 1 aromatic carbocycles. The van der Waals surface area contributed by atoms with Crippen LogP contribution in [-0.4, -0.2) is 54.8 Å². The molecule has 1 aliphatic heterocycles. The van der Waals surface area contributed by atoms with Crippen molar-refractivity contribution in [1.29, 1.82) is 0 Å². The van der Waals surface area contributed by atoms with Crippen molar-refractivity contribution in [2.24, 2.45) is 0 Å². The number of aliphatic hydroxyl groups excluding tert-OH is 1. The number of hydrogen-bond donors (Lipinski definition) is 2. The van der Waals surface area contributed by atoms with Crippen molar-refractivity contribution in [2.75, 3.05) is 26.2 Å². The number of ether oxygens (including phenoxy) is 1. The molecule has 0 aliphatic carbocycles. The Morgan fingerprint density at radius 3 is 2.76 bits per heavy atom. The van der Waals surface area contributed by atoms with E-state index in [4.69, 9.17) is 5.11 Å². The predicted octanol–water partition coefficient (Wildman–Crippen LogP) is 2.18. The zero-order valence-corrected chi connectivity index (χ0v) is 14.3. The summed E-state index contributed by atoms with van der Waals surface area (Å²) in [6.07, 6.45) is 4.60. The molecule has 1 heterocycles. The summed E-state index contributed by atoms with van der Waals surface area (Å²) in [7, 11) is 0. The SMILES string of the molecule is O=C(CN1CCCCC1CCO)NCCc1ccc(OC(F)F)cc1. The third kappa shape index (κ3) is 6.96. The van der Waals surface area contributed by atoms with E-state index in [-0.39, 0.29) is 24.3 Å². The molecule has 140 valence electrons. The Kier molecular flexibility index (Phi) is 8.08. The van der Waals surface area contributed by atoms with Gasteiger partial charge in [0.15, 0.2) is 0 Å². The molecular formula is C18H26F2N2O3. The minimum atomic E-state index is -2.82. The minimum absolute atomic E-state index is 0.0255. The van der Waals surface area contributed by atoms with Gasteiger partial charge in [-0.15, -0.1) is 0 Å². The second-order valence-electron chi connectivity index (χ2n) is 6.25. The van der Waals surface area contributed by atoms with Crippen LogP contribution in [0.3, 0.4) is 0 Å². The second-order valence-corrected chi connectivity index (χ2v) is 6.25. The summed E-state index contributed by atoms with van der Waals surface area (Å²) in [6, 6.07) is 6.71. The van der Waals surface area contributed by atoms with Crippen LogP contribution < -0.4 is 10.1 Å². The van der Waals surface area contributed by atoms with Crippen molar-refractivity contribution in [3.05, 3.63) is 29.8 Å². The van der Waals surface area contributed by atoms with Gasteiger partial charge >= 0.3 is 6.61 Å². The average molecular weight is 356 g/mol. The van der Waals surface area contributed by atoms with E-state index in [0.717, 1.165) is 31.4 Å². The Bertz CT molecular complexity index is 524. The van der Waals surface area contributed by atoms with E-state index in [2.05, 4.69) is 15.0 Å². The number of piperidine rings is 1. The van der Waals surface area contributed by atoms with Crippen molar-refractivity contribution in [3.8, 4) is 5.75 Å². The predicted molar refractivity (Wildman–Crippen MR) is 90.7 cm³/mol. The number of benzene rings is 1. The van der Waals surface area contributed by atoms with Crippen LogP contribution in [0.15, 0.2) is 24.3 Å². The van der Waals surface area contributed by atoms with Crippen molar-refractivity contribution in [1.82, 2.24) is 10.2 Å². The third-order valence-electron chi connectivity index (χ3n) is 4.44. The highest BCUT2D eigenvalue weighted by Crippen LogP contribution is 2.19. The normalized spacial score (nSPS) is 18.3. The van der Waals surface area contributed by atoms with Gasteiger partial charge in [0, 0.05) is 19.2 Å². The number of amides is 1. The Morgan fingerprint density at radius 2 is 2.08 bits per heavy atom. The van der Waals surface area contributed by atoms with Crippen molar-refractivity contribution in [3.63, 3.8) is 0 Å². The van der Waals surface area contributed by atoms with Gasteiger partial charge in [0.1, 0.15) is 5.75 Å². The minimum Gasteiger partial charge on any atom is -0.435 e. The van der Waals surface area contributed by atoms with E-state index in [9.17, 15) is 13.6 Å². The van der Waals surface area contributed by atoms with Crippen LogP contribution in [0.1, 0.15) is 31.2 Å². The molecule has 1 aromatic rings. The van der Waals surface area contributed by atoms with E-state index >= 15 is 0 Å². The maximum atomic E-state index is 12.1. The number of alkyl halides is 2. The van der Waals surface area contributed by atoms with Gasteiger partial charge in [-0.05, 0) is 49.9 Å². The number of hydrogen-bond acceptors (Lipinski definition) is 4. The lowest BCUT2D eigenvalue weighted by Gasteiger charge is -2.34. The molecule has 1 unspecified atom stereocenters. The summed E-state index contributed by atoms with van der Waals surface area (Å²) in [6.45, 7) is -0.940. The van der Waals surface area contributed by atoms with Gasteiger partial charge in [-0.1, -0.05) is 18.6 Å². The molecule has 25 heavy (non-hydrogen) atoms. The number of nitrogens with zero attached hydrogens (tertiary/aromatic N) is 1. The van der Waals surface area contributed by atoms with E-state index < -0.39 is 6.61 Å². The number of carbonyl (C=O) groups excluding carboxylic acids is 1. The van der Waals surface area contributed by atoms with Gasteiger partial charge in [-0.25, -0.2) is 0 Å². The maximum absolute atomic E-state index is 12.1. The highest BCUT2D eigenvalue weighted by atomic mass is 19.3. The standard InChI is InChI=1S/C18H26F2N2O3/c19-18(20)25-16-6-4-14(5-7-16)8-10-21-17(24)13-22-11-2-1-3-15(22)9-12-23/h4-7,15,18,23H,1-3,8-13H2,(H,21,24). The Hall–Kier alpha value is -1.73. The number of nitrogens with one attached hydrogen (secondary N) is 1. The first-order chi connectivity index (χ1) is 12.1. The first-order valence-corrected chi connectivity index (χ1v) is 8.74. The van der Waals surface area contributed by atoms with Crippen LogP contribution in [0.5, 0.6) is 5.75 Å². The van der Waals surface area contributed by atoms with Crippen LogP contribution >= 0.6 is 0 Å². The van der Waals surface area contributed by atoms with E-state index in [0.29, 0.717) is 25.9 Å². The molecule has 2 rings (SSSR count). The molecule has 2 N–H and O–H groups in total. The van der Waals surface area contributed by atoms with Crippen LogP contribution in [-0.2, 0) is 11.2 Å². The molecule has 1 saturated heterocycles.